The Morgan fingerprint density at radius 2 is 2.36 bits per heavy atom. The minimum atomic E-state index is -0.391. The van der Waals surface area contributed by atoms with Gasteiger partial charge in [0.15, 0.2) is 0 Å². The summed E-state index contributed by atoms with van der Waals surface area (Å²) in [5.41, 5.74) is 0. The molecule has 0 aromatic rings. The number of halogens is 1. The van der Waals surface area contributed by atoms with Gasteiger partial charge in [-0.2, -0.15) is 0 Å². The van der Waals surface area contributed by atoms with Crippen LogP contribution in [0, 0.1) is 11.8 Å². The number of carbonyl (C=O) groups is 1. The summed E-state index contributed by atoms with van der Waals surface area (Å²) in [4.78, 5) is 11.0. The zero-order valence-electron chi connectivity index (χ0n) is 6.84. The molecule has 0 aliphatic heterocycles. The first-order valence-electron chi connectivity index (χ1n) is 3.91. The Labute approximate surface area is 65.7 Å². The average molecular weight is 160 g/mol. The number of esters is 1. The molecule has 11 heavy (non-hydrogen) atoms. The summed E-state index contributed by atoms with van der Waals surface area (Å²) in [6.45, 7) is 3.20. The molecule has 0 spiro atoms. The fourth-order valence-corrected chi connectivity index (χ4v) is 1.03. The molecule has 1 aliphatic rings. The number of hydrogen-bond donors (Lipinski definition) is 0. The number of hydrogen-bond acceptors (Lipinski definition) is 2. The lowest BCUT2D eigenvalue weighted by Crippen LogP contribution is -2.14. The lowest BCUT2D eigenvalue weighted by atomic mass is 10.3. The molecule has 1 rings (SSSR count). The van der Waals surface area contributed by atoms with Crippen molar-refractivity contribution in [2.45, 2.75) is 26.4 Å². The van der Waals surface area contributed by atoms with Gasteiger partial charge in [-0.25, -0.2) is 0 Å². The Morgan fingerprint density at radius 3 is 2.73 bits per heavy atom. The summed E-state index contributed by atoms with van der Waals surface area (Å²) < 4.78 is 16.8. The normalized spacial score (nSPS) is 28.7. The second-order valence-corrected chi connectivity index (χ2v) is 3.24. The van der Waals surface area contributed by atoms with Gasteiger partial charge in [0.25, 0.3) is 0 Å². The van der Waals surface area contributed by atoms with Crippen LogP contribution in [0.4, 0.5) is 4.39 Å². The molecule has 0 N–H and O–H groups in total. The average Bonchev–Trinajstić information content (AvgIpc) is 2.63. The smallest absolute Gasteiger partial charge is 0.309 e. The molecule has 2 atom stereocenters. The van der Waals surface area contributed by atoms with Crippen molar-refractivity contribution < 1.29 is 13.9 Å². The van der Waals surface area contributed by atoms with E-state index in [1.807, 2.05) is 0 Å². The van der Waals surface area contributed by atoms with Gasteiger partial charge in [-0.15, -0.1) is 0 Å². The summed E-state index contributed by atoms with van der Waals surface area (Å²) in [5.74, 6) is -0.439. The fourth-order valence-electron chi connectivity index (χ4n) is 1.03. The predicted molar refractivity (Wildman–Crippen MR) is 38.8 cm³/mol. The van der Waals surface area contributed by atoms with Crippen molar-refractivity contribution in [1.82, 2.24) is 0 Å². The van der Waals surface area contributed by atoms with Crippen LogP contribution in [0.2, 0.25) is 0 Å². The van der Waals surface area contributed by atoms with E-state index >= 15 is 0 Å². The first kappa shape index (κ1) is 8.50. The number of carbonyl (C=O) groups excluding carboxylic acids is 1. The quantitative estimate of drug-likeness (QED) is 0.585. The molecule has 0 amide bonds. The van der Waals surface area contributed by atoms with Crippen molar-refractivity contribution in [2.75, 3.05) is 6.67 Å². The Bertz CT molecular complexity index is 156. The molecule has 1 fully saturated rings. The Balaban J connectivity index is 2.23. The second-order valence-electron chi connectivity index (χ2n) is 3.24. The highest BCUT2D eigenvalue weighted by molar-refractivity contribution is 5.75. The third-order valence-electron chi connectivity index (χ3n) is 1.78. The molecule has 0 bridgehead atoms. The Hall–Kier alpha value is -0.600. The van der Waals surface area contributed by atoms with E-state index in [-0.39, 0.29) is 23.9 Å². The van der Waals surface area contributed by atoms with E-state index in [0.29, 0.717) is 6.42 Å². The molecule has 64 valence electrons. The van der Waals surface area contributed by atoms with Crippen LogP contribution in [0.5, 0.6) is 0 Å². The van der Waals surface area contributed by atoms with Crippen molar-refractivity contribution in [2.24, 2.45) is 11.8 Å². The van der Waals surface area contributed by atoms with Gasteiger partial charge in [-0.05, 0) is 20.3 Å². The fraction of sp³-hybridized carbons (Fsp3) is 0.875. The molecular formula is C8H13FO2. The van der Waals surface area contributed by atoms with Crippen molar-refractivity contribution in [3.8, 4) is 0 Å². The van der Waals surface area contributed by atoms with Gasteiger partial charge in [0, 0.05) is 5.92 Å². The van der Waals surface area contributed by atoms with Crippen LogP contribution in [0.3, 0.4) is 0 Å². The van der Waals surface area contributed by atoms with E-state index < -0.39 is 6.67 Å². The predicted octanol–water partition coefficient (Wildman–Crippen LogP) is 1.54. The van der Waals surface area contributed by atoms with Crippen LogP contribution in [0.15, 0.2) is 0 Å². The summed E-state index contributed by atoms with van der Waals surface area (Å²) in [6, 6.07) is 0. The highest BCUT2D eigenvalue weighted by Gasteiger charge is 2.44. The standard InChI is InChI=1S/C8H13FO2/c1-5(2)11-8(10)7-3-6(7)4-9/h5-7H,3-4H2,1-2H3/t6-,7-/m0/s1. The summed E-state index contributed by atoms with van der Waals surface area (Å²) >= 11 is 0. The first-order chi connectivity index (χ1) is 5.15. The minimum absolute atomic E-state index is 0.0544. The first-order valence-corrected chi connectivity index (χ1v) is 3.91. The van der Waals surface area contributed by atoms with Crippen molar-refractivity contribution in [3.63, 3.8) is 0 Å². The van der Waals surface area contributed by atoms with Crippen LogP contribution < -0.4 is 0 Å². The maximum Gasteiger partial charge on any atom is 0.309 e. The van der Waals surface area contributed by atoms with E-state index in [1.54, 1.807) is 13.8 Å². The third kappa shape index (κ3) is 2.17. The van der Waals surface area contributed by atoms with E-state index in [4.69, 9.17) is 4.74 Å². The van der Waals surface area contributed by atoms with Crippen LogP contribution in [-0.4, -0.2) is 18.7 Å². The molecule has 0 radical (unpaired) electrons. The minimum Gasteiger partial charge on any atom is -0.463 e. The maximum atomic E-state index is 11.9. The molecule has 1 saturated carbocycles. The Kier molecular flexibility index (Phi) is 2.47. The lowest BCUT2D eigenvalue weighted by Gasteiger charge is -2.06. The summed E-state index contributed by atoms with van der Waals surface area (Å²) in [6.07, 6.45) is 0.588. The van der Waals surface area contributed by atoms with Crippen molar-refractivity contribution in [3.05, 3.63) is 0 Å². The SMILES string of the molecule is CC(C)OC(=O)[C@H]1C[C@H]1CF. The number of alkyl halides is 1. The van der Waals surface area contributed by atoms with Gasteiger partial charge < -0.3 is 4.74 Å². The molecular weight excluding hydrogens is 147 g/mol. The van der Waals surface area contributed by atoms with Gasteiger partial charge >= 0.3 is 5.97 Å². The Morgan fingerprint density at radius 1 is 1.73 bits per heavy atom. The van der Waals surface area contributed by atoms with E-state index in [1.165, 1.54) is 0 Å². The van der Waals surface area contributed by atoms with Gasteiger partial charge in [-0.3, -0.25) is 9.18 Å². The van der Waals surface area contributed by atoms with Crippen LogP contribution in [0.1, 0.15) is 20.3 Å². The molecule has 2 nitrogen and oxygen atoms in total. The van der Waals surface area contributed by atoms with E-state index in [2.05, 4.69) is 0 Å². The van der Waals surface area contributed by atoms with Gasteiger partial charge in [-0.1, -0.05) is 0 Å². The van der Waals surface area contributed by atoms with Crippen LogP contribution >= 0.6 is 0 Å². The van der Waals surface area contributed by atoms with Crippen molar-refractivity contribution >= 4 is 5.97 Å². The summed E-state index contributed by atoms with van der Waals surface area (Å²) in [5, 5.41) is 0. The van der Waals surface area contributed by atoms with Gasteiger partial charge in [0.2, 0.25) is 0 Å². The molecule has 0 aromatic carbocycles. The topological polar surface area (TPSA) is 26.3 Å². The second kappa shape index (κ2) is 3.20. The third-order valence-corrected chi connectivity index (χ3v) is 1.78. The monoisotopic (exact) mass is 160 g/mol. The zero-order chi connectivity index (χ0) is 8.43. The number of ether oxygens (including phenoxy) is 1. The molecule has 0 unspecified atom stereocenters. The maximum absolute atomic E-state index is 11.9. The van der Waals surface area contributed by atoms with Crippen LogP contribution in [0.25, 0.3) is 0 Å². The van der Waals surface area contributed by atoms with E-state index in [9.17, 15) is 9.18 Å². The molecule has 3 heteroatoms. The molecule has 0 saturated heterocycles. The molecule has 0 heterocycles. The van der Waals surface area contributed by atoms with Gasteiger partial charge in [0.1, 0.15) is 0 Å². The van der Waals surface area contributed by atoms with Crippen molar-refractivity contribution in [1.29, 1.82) is 0 Å². The number of rotatable bonds is 3. The van der Waals surface area contributed by atoms with E-state index in [0.717, 1.165) is 0 Å². The summed E-state index contributed by atoms with van der Waals surface area (Å²) in [7, 11) is 0. The largest absolute Gasteiger partial charge is 0.463 e. The highest BCUT2D eigenvalue weighted by atomic mass is 19.1. The lowest BCUT2D eigenvalue weighted by molar-refractivity contribution is -0.149. The van der Waals surface area contributed by atoms with Crippen LogP contribution in [-0.2, 0) is 9.53 Å². The zero-order valence-corrected chi connectivity index (χ0v) is 6.84. The molecule has 1 aliphatic carbocycles. The molecule has 0 aromatic heterocycles. The highest BCUT2D eigenvalue weighted by Crippen LogP contribution is 2.39. The van der Waals surface area contributed by atoms with Gasteiger partial charge in [0.05, 0.1) is 18.7 Å².